The summed E-state index contributed by atoms with van der Waals surface area (Å²) in [7, 11) is 0. The van der Waals surface area contributed by atoms with Crippen LogP contribution < -0.4 is 10.1 Å². The number of carbonyl (C=O) groups is 1. The molecule has 0 aliphatic heterocycles. The Kier molecular flexibility index (Phi) is 6.67. The Morgan fingerprint density at radius 3 is 2.76 bits per heavy atom. The van der Waals surface area contributed by atoms with Gasteiger partial charge in [-0.05, 0) is 37.3 Å². The maximum absolute atomic E-state index is 14.4. The number of hydrogen-bond donors (Lipinski definition) is 2. The molecule has 33 heavy (non-hydrogen) atoms. The highest BCUT2D eigenvalue weighted by Gasteiger charge is 2.15. The van der Waals surface area contributed by atoms with Gasteiger partial charge in [-0.25, -0.2) is 19.2 Å². The fourth-order valence-corrected chi connectivity index (χ4v) is 4.02. The lowest BCUT2D eigenvalue weighted by atomic mass is 10.1. The van der Waals surface area contributed by atoms with E-state index >= 15 is 0 Å². The summed E-state index contributed by atoms with van der Waals surface area (Å²) in [4.78, 5) is 19.9. The average Bonchev–Trinajstić information content (AvgIpc) is 3.14. The highest BCUT2D eigenvalue weighted by atomic mass is 35.5. The molecule has 0 bridgehead atoms. The third-order valence-electron chi connectivity index (χ3n) is 5.02. The second-order valence-corrected chi connectivity index (χ2v) is 7.87. The van der Waals surface area contributed by atoms with Crippen LogP contribution in [-0.2, 0) is 6.54 Å². The molecular formula is C23H19Cl2FN4O3. The molecule has 0 saturated heterocycles. The van der Waals surface area contributed by atoms with Gasteiger partial charge in [0.25, 0.3) is 0 Å². The molecule has 0 fully saturated rings. The molecule has 0 aliphatic rings. The van der Waals surface area contributed by atoms with Crippen molar-refractivity contribution in [2.24, 2.45) is 0 Å². The third kappa shape index (κ3) is 4.72. The minimum atomic E-state index is -1.07. The van der Waals surface area contributed by atoms with Crippen LogP contribution in [-0.4, -0.2) is 38.8 Å². The number of halogens is 3. The van der Waals surface area contributed by atoms with Gasteiger partial charge in [-0.15, -0.1) is 0 Å². The van der Waals surface area contributed by atoms with Crippen molar-refractivity contribution in [2.75, 3.05) is 18.5 Å². The number of nitrogens with one attached hydrogen (secondary N) is 1. The van der Waals surface area contributed by atoms with Crippen molar-refractivity contribution in [1.29, 1.82) is 0 Å². The number of aromatic carboxylic acids is 1. The summed E-state index contributed by atoms with van der Waals surface area (Å²) in [6.45, 7) is 2.91. The number of fused-ring (bicyclic) bond motifs is 1. The zero-order valence-corrected chi connectivity index (χ0v) is 19.0. The monoisotopic (exact) mass is 488 g/mol. The molecule has 2 aromatic carbocycles. The number of carboxylic acid groups (broad SMARTS) is 1. The van der Waals surface area contributed by atoms with E-state index in [1.165, 1.54) is 24.5 Å². The van der Waals surface area contributed by atoms with Crippen molar-refractivity contribution in [3.05, 3.63) is 70.3 Å². The first-order valence-electron chi connectivity index (χ1n) is 10.1. The Morgan fingerprint density at radius 2 is 2.00 bits per heavy atom. The van der Waals surface area contributed by atoms with Crippen molar-refractivity contribution in [2.45, 2.75) is 13.5 Å². The second kappa shape index (κ2) is 9.64. The molecule has 0 atom stereocenters. The minimum absolute atomic E-state index is 0.0798. The Balaban J connectivity index is 1.53. The Bertz CT molecular complexity index is 1340. The number of benzene rings is 2. The molecule has 0 saturated carbocycles. The summed E-state index contributed by atoms with van der Waals surface area (Å²) in [6, 6.07) is 11.0. The lowest BCUT2D eigenvalue weighted by molar-refractivity contribution is 0.0692. The smallest absolute Gasteiger partial charge is 0.339 e. The van der Waals surface area contributed by atoms with Crippen LogP contribution in [0.4, 0.5) is 10.2 Å². The zero-order valence-electron chi connectivity index (χ0n) is 17.5. The van der Waals surface area contributed by atoms with E-state index in [0.29, 0.717) is 57.9 Å². The third-order valence-corrected chi connectivity index (χ3v) is 5.66. The van der Waals surface area contributed by atoms with Crippen molar-refractivity contribution < 1.29 is 19.0 Å². The number of nitrogens with zero attached hydrogens (tertiary/aromatic N) is 3. The fraction of sp³-hybridized carbons (Fsp3) is 0.174. The van der Waals surface area contributed by atoms with E-state index in [0.717, 1.165) is 0 Å². The van der Waals surface area contributed by atoms with Gasteiger partial charge in [-0.1, -0.05) is 29.3 Å². The highest BCUT2D eigenvalue weighted by Crippen LogP contribution is 2.31. The van der Waals surface area contributed by atoms with Gasteiger partial charge in [0.15, 0.2) is 0 Å². The van der Waals surface area contributed by atoms with E-state index in [1.54, 1.807) is 35.8 Å². The van der Waals surface area contributed by atoms with E-state index in [2.05, 4.69) is 15.3 Å². The van der Waals surface area contributed by atoms with Crippen molar-refractivity contribution in [3.8, 4) is 17.0 Å². The van der Waals surface area contributed by atoms with E-state index in [1.807, 2.05) is 0 Å². The summed E-state index contributed by atoms with van der Waals surface area (Å²) in [5.41, 5.74) is 1.70. The molecule has 0 radical (unpaired) electrons. The van der Waals surface area contributed by atoms with E-state index < -0.39 is 11.8 Å². The Hall–Kier alpha value is -3.36. The van der Waals surface area contributed by atoms with Gasteiger partial charge in [0.05, 0.1) is 22.8 Å². The van der Waals surface area contributed by atoms with Gasteiger partial charge in [0, 0.05) is 30.1 Å². The summed E-state index contributed by atoms with van der Waals surface area (Å²) in [5.74, 6) is -0.652. The van der Waals surface area contributed by atoms with Crippen molar-refractivity contribution >= 4 is 45.9 Å². The predicted molar refractivity (Wildman–Crippen MR) is 126 cm³/mol. The number of ether oxygens (including phenoxy) is 1. The molecule has 0 spiro atoms. The molecule has 2 heterocycles. The van der Waals surface area contributed by atoms with Gasteiger partial charge < -0.3 is 19.7 Å². The molecule has 2 aromatic heterocycles. The lowest BCUT2D eigenvalue weighted by Crippen LogP contribution is -2.12. The molecule has 10 heteroatoms. The molecule has 4 rings (SSSR count). The summed E-state index contributed by atoms with van der Waals surface area (Å²) in [6.07, 6.45) is 1.40. The number of anilines is 1. The standard InChI is InChI=1S/C23H19Cl2FN4O3/c1-2-33-19-9-13(3-4-14(19)23(31)32)18-11-21(29-12-28-18)27-7-8-30-20(25)10-15-16(24)5-6-17(26)22(15)30/h3-6,9-12H,2,7-8H2,1H3,(H,31,32)(H,27,28,29). The minimum Gasteiger partial charge on any atom is -0.493 e. The van der Waals surface area contributed by atoms with Crippen LogP contribution in [0.2, 0.25) is 10.2 Å². The largest absolute Gasteiger partial charge is 0.493 e. The van der Waals surface area contributed by atoms with Gasteiger partial charge in [-0.2, -0.15) is 0 Å². The van der Waals surface area contributed by atoms with Crippen LogP contribution in [0, 0.1) is 5.82 Å². The molecule has 0 amide bonds. The highest BCUT2D eigenvalue weighted by molar-refractivity contribution is 6.37. The Morgan fingerprint density at radius 1 is 1.18 bits per heavy atom. The maximum atomic E-state index is 14.4. The number of hydrogen-bond acceptors (Lipinski definition) is 5. The van der Waals surface area contributed by atoms with Gasteiger partial charge >= 0.3 is 5.97 Å². The normalized spacial score (nSPS) is 11.0. The predicted octanol–water partition coefficient (Wildman–Crippen LogP) is 5.75. The van der Waals surface area contributed by atoms with Crippen LogP contribution in [0.3, 0.4) is 0 Å². The van der Waals surface area contributed by atoms with Crippen molar-refractivity contribution in [3.63, 3.8) is 0 Å². The lowest BCUT2D eigenvalue weighted by Gasteiger charge is -2.12. The first-order chi connectivity index (χ1) is 15.9. The number of rotatable bonds is 8. The van der Waals surface area contributed by atoms with E-state index in [-0.39, 0.29) is 11.3 Å². The SMILES string of the molecule is CCOc1cc(-c2cc(NCCn3c(Cl)cc4c(Cl)ccc(F)c43)ncn2)ccc1C(=O)O. The van der Waals surface area contributed by atoms with Gasteiger partial charge in [-0.3, -0.25) is 0 Å². The van der Waals surface area contributed by atoms with Crippen LogP contribution >= 0.6 is 23.2 Å². The molecular weight excluding hydrogens is 470 g/mol. The fourth-order valence-electron chi connectivity index (χ4n) is 3.53. The summed E-state index contributed by atoms with van der Waals surface area (Å²) in [5, 5.41) is 13.9. The van der Waals surface area contributed by atoms with Gasteiger partial charge in [0.2, 0.25) is 0 Å². The molecule has 4 aromatic rings. The van der Waals surface area contributed by atoms with E-state index in [4.69, 9.17) is 27.9 Å². The summed E-state index contributed by atoms with van der Waals surface area (Å²) < 4.78 is 21.5. The second-order valence-electron chi connectivity index (χ2n) is 7.07. The van der Waals surface area contributed by atoms with E-state index in [9.17, 15) is 14.3 Å². The molecule has 170 valence electrons. The molecule has 0 unspecified atom stereocenters. The first kappa shape index (κ1) is 22.8. The molecule has 0 aliphatic carbocycles. The molecule has 7 nitrogen and oxygen atoms in total. The van der Waals surface area contributed by atoms with Crippen LogP contribution in [0.25, 0.3) is 22.2 Å². The van der Waals surface area contributed by atoms with Crippen LogP contribution in [0.5, 0.6) is 5.75 Å². The van der Waals surface area contributed by atoms with Crippen molar-refractivity contribution in [1.82, 2.24) is 14.5 Å². The average molecular weight is 489 g/mol. The van der Waals surface area contributed by atoms with Crippen LogP contribution in [0.15, 0.2) is 48.8 Å². The number of aromatic nitrogens is 3. The zero-order chi connectivity index (χ0) is 23.5. The number of carboxylic acids is 1. The van der Waals surface area contributed by atoms with Gasteiger partial charge in [0.1, 0.15) is 34.4 Å². The Labute approximate surface area is 198 Å². The quantitative estimate of drug-likeness (QED) is 0.328. The summed E-state index contributed by atoms with van der Waals surface area (Å²) >= 11 is 12.5. The maximum Gasteiger partial charge on any atom is 0.339 e. The van der Waals surface area contributed by atoms with Crippen LogP contribution in [0.1, 0.15) is 17.3 Å². The molecule has 2 N–H and O–H groups in total. The first-order valence-corrected chi connectivity index (χ1v) is 10.8. The topological polar surface area (TPSA) is 89.3 Å².